The second kappa shape index (κ2) is 8.41. The zero-order valence-electron chi connectivity index (χ0n) is 16.9. The average molecular weight is 400 g/mol. The van der Waals surface area contributed by atoms with Crippen LogP contribution >= 0.6 is 0 Å². The lowest BCUT2D eigenvalue weighted by Crippen LogP contribution is -2.48. The Morgan fingerprint density at radius 1 is 1.21 bits per heavy atom. The number of carboxylic acid groups (broad SMARTS) is 1. The summed E-state index contributed by atoms with van der Waals surface area (Å²) in [5, 5.41) is 9.82. The van der Waals surface area contributed by atoms with E-state index in [2.05, 4.69) is 4.90 Å². The summed E-state index contributed by atoms with van der Waals surface area (Å²) in [6.07, 6.45) is 10.1. The van der Waals surface area contributed by atoms with Crippen LogP contribution in [-0.4, -0.2) is 53.5 Å². The number of aliphatic carboxylic acids is 1. The summed E-state index contributed by atoms with van der Waals surface area (Å²) in [6.45, 7) is 2.72. The van der Waals surface area contributed by atoms with Gasteiger partial charge in [-0.2, -0.15) is 0 Å². The van der Waals surface area contributed by atoms with Gasteiger partial charge in [-0.1, -0.05) is 42.5 Å². The molecule has 1 aromatic carbocycles. The Kier molecular flexibility index (Phi) is 5.88. The Labute approximate surface area is 172 Å². The number of hydrogen-bond acceptors (Lipinski definition) is 3. The number of carbonyl (C=O) groups is 1. The second-order valence-electron chi connectivity index (χ2n) is 8.79. The first-order chi connectivity index (χ1) is 14.0. The zero-order chi connectivity index (χ0) is 20.3. The lowest BCUT2D eigenvalue weighted by atomic mass is 9.81. The van der Waals surface area contributed by atoms with Crippen molar-refractivity contribution in [2.24, 2.45) is 5.92 Å². The highest BCUT2D eigenvalue weighted by Crippen LogP contribution is 2.37. The highest BCUT2D eigenvalue weighted by atomic mass is 19.1. The van der Waals surface area contributed by atoms with Gasteiger partial charge in [0, 0.05) is 13.0 Å². The maximum Gasteiger partial charge on any atom is 0.340 e. The molecule has 0 radical (unpaired) electrons. The minimum atomic E-state index is -1.29. The van der Waals surface area contributed by atoms with Gasteiger partial charge in [0.25, 0.3) is 0 Å². The Bertz CT molecular complexity index is 779. The van der Waals surface area contributed by atoms with Crippen LogP contribution in [0.25, 0.3) is 5.57 Å². The lowest BCUT2D eigenvalue weighted by Gasteiger charge is -2.41. The quantitative estimate of drug-likeness (QED) is 0.735. The van der Waals surface area contributed by atoms with Gasteiger partial charge in [0.15, 0.2) is 5.60 Å². The number of hydrogen-bond donors (Lipinski definition) is 1. The van der Waals surface area contributed by atoms with E-state index in [1.807, 2.05) is 42.5 Å². The molecule has 4 rings (SSSR count). The number of carboxylic acids is 1. The molecule has 1 unspecified atom stereocenters. The molecule has 1 N–H and O–H groups in total. The highest BCUT2D eigenvalue weighted by Gasteiger charge is 2.41. The van der Waals surface area contributed by atoms with E-state index in [4.69, 9.17) is 4.74 Å². The van der Waals surface area contributed by atoms with Crippen LogP contribution in [0.4, 0.5) is 4.39 Å². The molecule has 0 amide bonds. The highest BCUT2D eigenvalue weighted by molar-refractivity contribution is 5.85. The lowest BCUT2D eigenvalue weighted by molar-refractivity contribution is -0.161. The molecular weight excluding hydrogens is 369 g/mol. The van der Waals surface area contributed by atoms with Gasteiger partial charge in [-0.15, -0.1) is 0 Å². The molecule has 0 spiro atoms. The molecule has 1 heterocycles. The smallest absolute Gasteiger partial charge is 0.340 e. The molecular formula is C24H30FNO3. The predicted octanol–water partition coefficient (Wildman–Crippen LogP) is 4.47. The van der Waals surface area contributed by atoms with Gasteiger partial charge in [-0.25, -0.2) is 9.18 Å². The number of benzene rings is 1. The molecule has 2 aliphatic carbocycles. The van der Waals surface area contributed by atoms with Gasteiger partial charge in [0.05, 0.1) is 6.61 Å². The summed E-state index contributed by atoms with van der Waals surface area (Å²) in [4.78, 5) is 14.2. The number of nitrogens with zero attached hydrogens (tertiary/aromatic N) is 1. The SMILES string of the molecule is O=C(O)C1(OCC2CCN(CC3(F)CCC3)CC2)C=CC(c2ccccc2)=CC1. The number of allylic oxidation sites excluding steroid dienone is 2. The van der Waals surface area contributed by atoms with Crippen LogP contribution in [-0.2, 0) is 9.53 Å². The van der Waals surface area contributed by atoms with Crippen LogP contribution in [0.5, 0.6) is 0 Å². The molecule has 4 nitrogen and oxygen atoms in total. The number of likely N-dealkylation sites (tertiary alicyclic amines) is 1. The standard InChI is InChI=1S/C24H30FNO3/c25-23(11-4-12-23)18-26-15-9-19(10-16-26)17-29-24(22(27)28)13-7-21(8-14-24)20-5-2-1-3-6-20/h1-3,5-8,13,19H,4,9-12,14-18H2,(H,27,28). The second-order valence-corrected chi connectivity index (χ2v) is 8.79. The van der Waals surface area contributed by atoms with E-state index < -0.39 is 17.2 Å². The van der Waals surface area contributed by atoms with E-state index in [1.54, 1.807) is 6.08 Å². The van der Waals surface area contributed by atoms with Crippen molar-refractivity contribution in [2.45, 2.75) is 49.8 Å². The van der Waals surface area contributed by atoms with E-state index in [9.17, 15) is 14.3 Å². The fourth-order valence-corrected chi connectivity index (χ4v) is 4.49. The van der Waals surface area contributed by atoms with E-state index in [0.717, 1.165) is 43.5 Å². The first-order valence-electron chi connectivity index (χ1n) is 10.7. The van der Waals surface area contributed by atoms with Crippen molar-refractivity contribution >= 4 is 11.5 Å². The monoisotopic (exact) mass is 399 g/mol. The molecule has 1 atom stereocenters. The number of piperidine rings is 1. The van der Waals surface area contributed by atoms with Gasteiger partial charge in [-0.3, -0.25) is 0 Å². The largest absolute Gasteiger partial charge is 0.479 e. The minimum absolute atomic E-state index is 0.326. The van der Waals surface area contributed by atoms with Gasteiger partial charge >= 0.3 is 5.97 Å². The molecule has 0 aromatic heterocycles. The molecule has 1 saturated carbocycles. The van der Waals surface area contributed by atoms with Crippen molar-refractivity contribution in [1.29, 1.82) is 0 Å². The molecule has 1 aliphatic heterocycles. The summed E-state index contributed by atoms with van der Waals surface area (Å²) >= 11 is 0. The summed E-state index contributed by atoms with van der Waals surface area (Å²) in [6, 6.07) is 9.95. The molecule has 3 aliphatic rings. The Morgan fingerprint density at radius 3 is 2.48 bits per heavy atom. The van der Waals surface area contributed by atoms with Crippen LogP contribution < -0.4 is 0 Å². The van der Waals surface area contributed by atoms with Gasteiger partial charge in [0.1, 0.15) is 5.67 Å². The van der Waals surface area contributed by atoms with E-state index in [0.29, 0.717) is 38.3 Å². The number of alkyl halides is 1. The van der Waals surface area contributed by atoms with Gasteiger partial charge in [0.2, 0.25) is 0 Å². The molecule has 0 bridgehead atoms. The first kappa shape index (κ1) is 20.3. The molecule has 29 heavy (non-hydrogen) atoms. The normalized spacial score (nSPS) is 27.3. The Hall–Kier alpha value is -1.98. The average Bonchev–Trinajstić information content (AvgIpc) is 2.73. The van der Waals surface area contributed by atoms with Gasteiger partial charge in [-0.05, 0) is 68.3 Å². The zero-order valence-corrected chi connectivity index (χ0v) is 16.9. The summed E-state index contributed by atoms with van der Waals surface area (Å²) < 4.78 is 20.3. The van der Waals surface area contributed by atoms with Crippen molar-refractivity contribution in [3.8, 4) is 0 Å². The molecule has 156 valence electrons. The number of rotatable bonds is 7. The predicted molar refractivity (Wildman–Crippen MR) is 111 cm³/mol. The van der Waals surface area contributed by atoms with Crippen molar-refractivity contribution < 1.29 is 19.0 Å². The summed E-state index contributed by atoms with van der Waals surface area (Å²) in [5.41, 5.74) is -0.153. The third-order valence-electron chi connectivity index (χ3n) is 6.67. The molecule has 2 fully saturated rings. The third-order valence-corrected chi connectivity index (χ3v) is 6.67. The molecule has 1 saturated heterocycles. The maximum absolute atomic E-state index is 14.3. The van der Waals surface area contributed by atoms with Crippen LogP contribution in [0.1, 0.15) is 44.1 Å². The van der Waals surface area contributed by atoms with Crippen molar-refractivity contribution in [3.05, 3.63) is 54.1 Å². The van der Waals surface area contributed by atoms with Crippen molar-refractivity contribution in [3.63, 3.8) is 0 Å². The third kappa shape index (κ3) is 4.62. The van der Waals surface area contributed by atoms with Crippen LogP contribution in [0, 0.1) is 5.92 Å². The topological polar surface area (TPSA) is 49.8 Å². The van der Waals surface area contributed by atoms with E-state index in [-0.39, 0.29) is 0 Å². The first-order valence-corrected chi connectivity index (χ1v) is 10.7. The molecule has 5 heteroatoms. The van der Waals surface area contributed by atoms with E-state index in [1.165, 1.54) is 0 Å². The maximum atomic E-state index is 14.3. The fraction of sp³-hybridized carbons (Fsp3) is 0.542. The fourth-order valence-electron chi connectivity index (χ4n) is 4.49. The summed E-state index contributed by atoms with van der Waals surface area (Å²) in [7, 11) is 0. The van der Waals surface area contributed by atoms with Crippen molar-refractivity contribution in [2.75, 3.05) is 26.2 Å². The molecule has 1 aromatic rings. The minimum Gasteiger partial charge on any atom is -0.479 e. The van der Waals surface area contributed by atoms with Crippen LogP contribution in [0.15, 0.2) is 48.6 Å². The van der Waals surface area contributed by atoms with Crippen molar-refractivity contribution in [1.82, 2.24) is 4.90 Å². The van der Waals surface area contributed by atoms with Crippen LogP contribution in [0.2, 0.25) is 0 Å². The summed E-state index contributed by atoms with van der Waals surface area (Å²) in [5.74, 6) is -0.619. The number of ether oxygens (including phenoxy) is 1. The van der Waals surface area contributed by atoms with Crippen LogP contribution in [0.3, 0.4) is 0 Å². The Balaban J connectivity index is 1.29. The Morgan fingerprint density at radius 2 is 1.93 bits per heavy atom. The van der Waals surface area contributed by atoms with Gasteiger partial charge < -0.3 is 14.7 Å². The number of halogens is 1. The van der Waals surface area contributed by atoms with E-state index >= 15 is 0 Å².